The second-order valence-corrected chi connectivity index (χ2v) is 8.84. The van der Waals surface area contributed by atoms with Crippen LogP contribution in [-0.4, -0.2) is 33.6 Å². The molecule has 4 rings (SSSR count). The van der Waals surface area contributed by atoms with E-state index < -0.39 is 0 Å². The van der Waals surface area contributed by atoms with Crippen LogP contribution in [0.15, 0.2) is 83.7 Å². The number of hydrogen-bond donors (Lipinski definition) is 1. The highest BCUT2D eigenvalue weighted by Crippen LogP contribution is 2.26. The molecule has 2 amide bonds. The van der Waals surface area contributed by atoms with Crippen LogP contribution in [0, 0.1) is 0 Å². The van der Waals surface area contributed by atoms with Gasteiger partial charge in [0.1, 0.15) is 5.82 Å². The molecule has 1 atom stereocenters. The maximum absolute atomic E-state index is 13.8. The minimum absolute atomic E-state index is 0.128. The Morgan fingerprint density at radius 3 is 2.28 bits per heavy atom. The van der Waals surface area contributed by atoms with Crippen LogP contribution in [0.4, 0.5) is 4.79 Å². The number of urea groups is 1. The zero-order chi connectivity index (χ0) is 25.5. The number of aryl methyl sites for hydroxylation is 1. The number of nitrogens with zero attached hydrogens (tertiary/aromatic N) is 3. The van der Waals surface area contributed by atoms with Crippen molar-refractivity contribution in [1.82, 2.24) is 19.8 Å². The van der Waals surface area contributed by atoms with E-state index in [2.05, 4.69) is 24.4 Å². The molecule has 0 aliphatic heterocycles. The Balaban J connectivity index is 1.86. The molecule has 186 valence electrons. The third-order valence-electron chi connectivity index (χ3n) is 6.54. The largest absolute Gasteiger partial charge is 0.338 e. The first-order valence-electron chi connectivity index (χ1n) is 12.8. The van der Waals surface area contributed by atoms with Crippen molar-refractivity contribution < 1.29 is 4.79 Å². The molecule has 0 aliphatic rings. The summed E-state index contributed by atoms with van der Waals surface area (Å²) in [5.74, 6) is 0.574. The summed E-state index contributed by atoms with van der Waals surface area (Å²) in [6.07, 6.45) is 2.24. The monoisotopic (exact) mass is 482 g/mol. The number of carbonyl (C=O) groups excluding carboxylic acids is 1. The molecule has 1 aromatic heterocycles. The van der Waals surface area contributed by atoms with Gasteiger partial charge in [-0.05, 0) is 61.6 Å². The Bertz CT molecular complexity index is 1360. The molecule has 6 nitrogen and oxygen atoms in total. The topological polar surface area (TPSA) is 67.2 Å². The summed E-state index contributed by atoms with van der Waals surface area (Å²) in [5.41, 5.74) is 3.61. The fourth-order valence-electron chi connectivity index (χ4n) is 4.59. The van der Waals surface area contributed by atoms with E-state index in [9.17, 15) is 9.59 Å². The lowest BCUT2D eigenvalue weighted by Crippen LogP contribution is -2.45. The molecule has 1 unspecified atom stereocenters. The number of aromatic nitrogens is 2. The van der Waals surface area contributed by atoms with Crippen LogP contribution >= 0.6 is 0 Å². The van der Waals surface area contributed by atoms with Gasteiger partial charge in [-0.1, -0.05) is 68.4 Å². The average Bonchev–Trinajstić information content (AvgIpc) is 2.92. The molecule has 0 saturated carbocycles. The van der Waals surface area contributed by atoms with Crippen molar-refractivity contribution in [3.8, 4) is 5.69 Å². The van der Waals surface area contributed by atoms with Crippen molar-refractivity contribution in [3.63, 3.8) is 0 Å². The van der Waals surface area contributed by atoms with E-state index in [1.54, 1.807) is 4.57 Å². The quantitative estimate of drug-likeness (QED) is 0.334. The summed E-state index contributed by atoms with van der Waals surface area (Å²) in [5, 5.41) is 3.52. The summed E-state index contributed by atoms with van der Waals surface area (Å²) in [4.78, 5) is 34.0. The molecule has 36 heavy (non-hydrogen) atoms. The van der Waals surface area contributed by atoms with Gasteiger partial charge in [0.05, 0.1) is 22.6 Å². The first kappa shape index (κ1) is 25.2. The summed E-state index contributed by atoms with van der Waals surface area (Å²) in [7, 11) is 0. The Kier molecular flexibility index (Phi) is 8.16. The molecule has 4 aromatic rings. The lowest BCUT2D eigenvalue weighted by Gasteiger charge is -2.32. The van der Waals surface area contributed by atoms with Crippen LogP contribution in [0.3, 0.4) is 0 Å². The second kappa shape index (κ2) is 11.7. The number of para-hydroxylation sites is 1. The zero-order valence-electron chi connectivity index (χ0n) is 21.3. The molecule has 0 radical (unpaired) electrons. The molecule has 1 heterocycles. The number of carbonyl (C=O) groups is 1. The first-order chi connectivity index (χ1) is 17.6. The Hall–Kier alpha value is -3.93. The third kappa shape index (κ3) is 5.33. The summed E-state index contributed by atoms with van der Waals surface area (Å²) >= 11 is 0. The standard InChI is InChI=1S/C30H34N4O2/c1-4-22-16-18-24(19-17-22)34-28(32-26-15-11-10-14-25(26)29(34)35)27(5-2)33(30(36)31-6-3)21-20-23-12-8-7-9-13-23/h7-19,27H,4-6,20-21H2,1-3H3,(H,31,36). The smallest absolute Gasteiger partial charge is 0.318 e. The van der Waals surface area contributed by atoms with E-state index >= 15 is 0 Å². The highest BCUT2D eigenvalue weighted by Gasteiger charge is 2.28. The average molecular weight is 483 g/mol. The van der Waals surface area contributed by atoms with Gasteiger partial charge in [0.2, 0.25) is 0 Å². The maximum atomic E-state index is 13.8. The van der Waals surface area contributed by atoms with E-state index in [-0.39, 0.29) is 17.6 Å². The molecular weight excluding hydrogens is 448 g/mol. The number of hydrogen-bond acceptors (Lipinski definition) is 3. The van der Waals surface area contributed by atoms with Gasteiger partial charge in [0, 0.05) is 13.1 Å². The summed E-state index contributed by atoms with van der Waals surface area (Å²) < 4.78 is 1.69. The number of fused-ring (bicyclic) bond motifs is 1. The molecule has 0 spiro atoms. The van der Waals surface area contributed by atoms with Crippen molar-refractivity contribution >= 4 is 16.9 Å². The molecule has 3 aromatic carbocycles. The molecule has 0 fully saturated rings. The van der Waals surface area contributed by atoms with Crippen LogP contribution in [0.5, 0.6) is 0 Å². The third-order valence-corrected chi connectivity index (χ3v) is 6.54. The van der Waals surface area contributed by atoms with Crippen LogP contribution in [0.1, 0.15) is 50.2 Å². The lowest BCUT2D eigenvalue weighted by molar-refractivity contribution is 0.169. The summed E-state index contributed by atoms with van der Waals surface area (Å²) in [6.45, 7) is 7.08. The molecule has 6 heteroatoms. The summed E-state index contributed by atoms with van der Waals surface area (Å²) in [6, 6.07) is 25.0. The Labute approximate surface area is 212 Å². The fourth-order valence-corrected chi connectivity index (χ4v) is 4.59. The van der Waals surface area contributed by atoms with Gasteiger partial charge in [0.15, 0.2) is 0 Å². The second-order valence-electron chi connectivity index (χ2n) is 8.84. The van der Waals surface area contributed by atoms with E-state index in [1.165, 1.54) is 5.56 Å². The minimum atomic E-state index is -0.386. The zero-order valence-corrected chi connectivity index (χ0v) is 21.3. The molecule has 0 aliphatic carbocycles. The van der Waals surface area contributed by atoms with Crippen molar-refractivity contribution in [2.45, 2.75) is 46.1 Å². The van der Waals surface area contributed by atoms with E-state index in [0.29, 0.717) is 42.7 Å². The number of amides is 2. The SMILES string of the molecule is CCNC(=O)N(CCc1ccccc1)C(CC)c1nc2ccccc2c(=O)n1-c1ccc(CC)cc1. The van der Waals surface area contributed by atoms with Crippen LogP contribution < -0.4 is 10.9 Å². The highest BCUT2D eigenvalue weighted by atomic mass is 16.2. The maximum Gasteiger partial charge on any atom is 0.318 e. The van der Waals surface area contributed by atoms with Crippen LogP contribution in [-0.2, 0) is 12.8 Å². The van der Waals surface area contributed by atoms with Gasteiger partial charge in [-0.3, -0.25) is 9.36 Å². The van der Waals surface area contributed by atoms with Gasteiger partial charge < -0.3 is 10.2 Å². The molecular formula is C30H34N4O2. The number of benzene rings is 3. The normalized spacial score (nSPS) is 11.9. The van der Waals surface area contributed by atoms with Crippen molar-refractivity contribution in [3.05, 3.63) is 106 Å². The van der Waals surface area contributed by atoms with Gasteiger partial charge in [-0.15, -0.1) is 0 Å². The van der Waals surface area contributed by atoms with Gasteiger partial charge in [-0.2, -0.15) is 0 Å². The minimum Gasteiger partial charge on any atom is -0.338 e. The number of rotatable bonds is 9. The molecule has 1 N–H and O–H groups in total. The predicted molar refractivity (Wildman–Crippen MR) is 146 cm³/mol. The Morgan fingerprint density at radius 1 is 0.917 bits per heavy atom. The van der Waals surface area contributed by atoms with Crippen molar-refractivity contribution in [1.29, 1.82) is 0 Å². The van der Waals surface area contributed by atoms with Gasteiger partial charge >= 0.3 is 6.03 Å². The van der Waals surface area contributed by atoms with E-state index in [0.717, 1.165) is 17.7 Å². The predicted octanol–water partition coefficient (Wildman–Crippen LogP) is 5.67. The van der Waals surface area contributed by atoms with E-state index in [4.69, 9.17) is 4.98 Å². The van der Waals surface area contributed by atoms with Crippen LogP contribution in [0.2, 0.25) is 0 Å². The first-order valence-corrected chi connectivity index (χ1v) is 12.8. The lowest BCUT2D eigenvalue weighted by atomic mass is 10.1. The van der Waals surface area contributed by atoms with Crippen molar-refractivity contribution in [2.24, 2.45) is 0 Å². The molecule has 0 saturated heterocycles. The van der Waals surface area contributed by atoms with E-state index in [1.807, 2.05) is 85.5 Å². The van der Waals surface area contributed by atoms with Gasteiger partial charge in [-0.25, -0.2) is 9.78 Å². The van der Waals surface area contributed by atoms with Crippen molar-refractivity contribution in [2.75, 3.05) is 13.1 Å². The van der Waals surface area contributed by atoms with Crippen LogP contribution in [0.25, 0.3) is 16.6 Å². The highest BCUT2D eigenvalue weighted by molar-refractivity contribution is 5.78. The fraction of sp³-hybridized carbons (Fsp3) is 0.300. The van der Waals surface area contributed by atoms with Gasteiger partial charge in [0.25, 0.3) is 5.56 Å². The molecule has 0 bridgehead atoms. The Morgan fingerprint density at radius 2 is 1.61 bits per heavy atom. The number of nitrogens with one attached hydrogen (secondary N) is 1.